The van der Waals surface area contributed by atoms with Gasteiger partial charge in [0.2, 0.25) is 5.91 Å². The lowest BCUT2D eigenvalue weighted by Gasteiger charge is -2.30. The Labute approximate surface area is 157 Å². The summed E-state index contributed by atoms with van der Waals surface area (Å²) in [4.78, 5) is 26.1. The number of hydrogen-bond donors (Lipinski definition) is 0. The quantitative estimate of drug-likeness (QED) is 0.594. The maximum absolute atomic E-state index is 12.5. The van der Waals surface area contributed by atoms with E-state index in [0.29, 0.717) is 49.4 Å². The molecule has 2 aliphatic heterocycles. The summed E-state index contributed by atoms with van der Waals surface area (Å²) >= 11 is 6.21. The van der Waals surface area contributed by atoms with Crippen LogP contribution in [-0.4, -0.2) is 49.7 Å². The van der Waals surface area contributed by atoms with Crippen molar-refractivity contribution < 1.29 is 23.8 Å². The van der Waals surface area contributed by atoms with E-state index in [0.717, 1.165) is 18.4 Å². The second-order valence-electron chi connectivity index (χ2n) is 6.24. The monoisotopic (exact) mass is 379 g/mol. The highest BCUT2D eigenvalue weighted by molar-refractivity contribution is 6.32. The molecule has 140 valence electrons. The van der Waals surface area contributed by atoms with Gasteiger partial charge in [-0.25, -0.2) is 0 Å². The van der Waals surface area contributed by atoms with E-state index < -0.39 is 0 Å². The molecule has 0 aliphatic carbocycles. The molecule has 6 nitrogen and oxygen atoms in total. The maximum atomic E-state index is 12.5. The Morgan fingerprint density at radius 2 is 2.15 bits per heavy atom. The maximum Gasteiger partial charge on any atom is 0.310 e. The molecule has 1 amide bonds. The van der Waals surface area contributed by atoms with Crippen molar-refractivity contribution in [3.63, 3.8) is 0 Å². The van der Waals surface area contributed by atoms with Gasteiger partial charge in [-0.1, -0.05) is 11.6 Å². The molecule has 0 N–H and O–H groups in total. The fourth-order valence-electron chi connectivity index (χ4n) is 3.13. The molecule has 1 saturated heterocycles. The Morgan fingerprint density at radius 3 is 2.96 bits per heavy atom. The van der Waals surface area contributed by atoms with Gasteiger partial charge in [0.1, 0.15) is 13.2 Å². The third kappa shape index (κ3) is 4.30. The second-order valence-corrected chi connectivity index (χ2v) is 6.64. The van der Waals surface area contributed by atoms with Crippen molar-refractivity contribution in [3.05, 3.63) is 28.8 Å². The number of hydrogen-bond acceptors (Lipinski definition) is 5. The zero-order chi connectivity index (χ0) is 18.5. The molecule has 0 aromatic heterocycles. The van der Waals surface area contributed by atoms with Crippen molar-refractivity contribution >= 4 is 29.6 Å². The summed E-state index contributed by atoms with van der Waals surface area (Å²) in [6.07, 6.45) is 4.73. The highest BCUT2D eigenvalue weighted by atomic mass is 35.5. The predicted molar refractivity (Wildman–Crippen MR) is 97.4 cm³/mol. The molecular formula is C19H22ClNO5. The molecule has 2 heterocycles. The van der Waals surface area contributed by atoms with E-state index in [4.69, 9.17) is 25.8 Å². The molecule has 3 rings (SSSR count). The Morgan fingerprint density at radius 1 is 1.35 bits per heavy atom. The zero-order valence-corrected chi connectivity index (χ0v) is 15.5. The van der Waals surface area contributed by atoms with Crippen LogP contribution in [0.4, 0.5) is 0 Å². The number of esters is 1. The summed E-state index contributed by atoms with van der Waals surface area (Å²) in [7, 11) is 0. The van der Waals surface area contributed by atoms with E-state index in [2.05, 4.69) is 0 Å². The lowest BCUT2D eigenvalue weighted by Crippen LogP contribution is -2.42. The molecule has 0 saturated carbocycles. The van der Waals surface area contributed by atoms with Crippen molar-refractivity contribution in [1.29, 1.82) is 0 Å². The van der Waals surface area contributed by atoms with Gasteiger partial charge in [0, 0.05) is 19.2 Å². The molecule has 2 aliphatic rings. The number of piperidine rings is 1. The highest BCUT2D eigenvalue weighted by Crippen LogP contribution is 2.38. The van der Waals surface area contributed by atoms with Crippen LogP contribution in [0.15, 0.2) is 18.2 Å². The Balaban J connectivity index is 1.66. The van der Waals surface area contributed by atoms with E-state index in [1.54, 1.807) is 30.0 Å². The van der Waals surface area contributed by atoms with Crippen LogP contribution in [0.5, 0.6) is 11.5 Å². The lowest BCUT2D eigenvalue weighted by atomic mass is 9.98. The Bertz CT molecular complexity index is 718. The summed E-state index contributed by atoms with van der Waals surface area (Å²) in [6, 6.07) is 3.53. The summed E-state index contributed by atoms with van der Waals surface area (Å²) in [6.45, 7) is 4.11. The third-order valence-electron chi connectivity index (χ3n) is 4.39. The van der Waals surface area contributed by atoms with E-state index in [9.17, 15) is 9.59 Å². The average Bonchev–Trinajstić information content (AvgIpc) is 2.66. The molecule has 0 spiro atoms. The van der Waals surface area contributed by atoms with Crippen molar-refractivity contribution in [1.82, 2.24) is 4.90 Å². The first-order valence-electron chi connectivity index (χ1n) is 8.81. The zero-order valence-electron chi connectivity index (χ0n) is 14.7. The van der Waals surface area contributed by atoms with Gasteiger partial charge in [0.25, 0.3) is 0 Å². The van der Waals surface area contributed by atoms with Gasteiger partial charge in [-0.15, -0.1) is 0 Å². The summed E-state index contributed by atoms with van der Waals surface area (Å²) in [5.41, 5.74) is 0.756. The largest absolute Gasteiger partial charge is 0.486 e. The van der Waals surface area contributed by atoms with Gasteiger partial charge in [0.15, 0.2) is 11.5 Å². The van der Waals surface area contributed by atoms with Crippen molar-refractivity contribution in [2.75, 3.05) is 32.9 Å². The smallest absolute Gasteiger partial charge is 0.310 e. The number of carbonyl (C=O) groups excluding carboxylic acids is 2. The van der Waals surface area contributed by atoms with Crippen molar-refractivity contribution in [2.24, 2.45) is 5.92 Å². The van der Waals surface area contributed by atoms with Crippen LogP contribution in [0.25, 0.3) is 6.08 Å². The van der Waals surface area contributed by atoms with Crippen LogP contribution in [0.3, 0.4) is 0 Å². The first kappa shape index (κ1) is 18.6. The number of rotatable bonds is 4. The van der Waals surface area contributed by atoms with Gasteiger partial charge < -0.3 is 19.1 Å². The predicted octanol–water partition coefficient (Wildman–Crippen LogP) is 2.93. The van der Waals surface area contributed by atoms with Crippen LogP contribution >= 0.6 is 11.6 Å². The molecule has 7 heteroatoms. The van der Waals surface area contributed by atoms with Crippen LogP contribution in [0, 0.1) is 5.92 Å². The van der Waals surface area contributed by atoms with Crippen LogP contribution < -0.4 is 9.47 Å². The van der Waals surface area contributed by atoms with Gasteiger partial charge in [-0.2, -0.15) is 0 Å². The fraction of sp³-hybridized carbons (Fsp3) is 0.474. The number of fused-ring (bicyclic) bond motifs is 1. The SMILES string of the molecule is CCOC(=O)[C@@H]1CCCN(C(=O)/C=C\c2cc(Cl)c3c(c2)OCCO3)C1. The minimum Gasteiger partial charge on any atom is -0.486 e. The van der Waals surface area contributed by atoms with Gasteiger partial charge in [-0.3, -0.25) is 9.59 Å². The number of halogens is 1. The Hall–Kier alpha value is -2.21. The third-order valence-corrected chi connectivity index (χ3v) is 4.67. The van der Waals surface area contributed by atoms with Crippen molar-refractivity contribution in [3.8, 4) is 11.5 Å². The molecule has 0 unspecified atom stereocenters. The second kappa shape index (κ2) is 8.45. The highest BCUT2D eigenvalue weighted by Gasteiger charge is 2.28. The molecule has 1 aromatic rings. The van der Waals surface area contributed by atoms with Crippen LogP contribution in [0.1, 0.15) is 25.3 Å². The van der Waals surface area contributed by atoms with E-state index in [1.807, 2.05) is 0 Å². The minimum absolute atomic E-state index is 0.134. The normalized spacial score (nSPS) is 19.5. The molecule has 26 heavy (non-hydrogen) atoms. The topological polar surface area (TPSA) is 65.1 Å². The van der Waals surface area contributed by atoms with Gasteiger partial charge >= 0.3 is 5.97 Å². The molecule has 1 aromatic carbocycles. The molecular weight excluding hydrogens is 358 g/mol. The van der Waals surface area contributed by atoms with Crippen LogP contribution in [0.2, 0.25) is 5.02 Å². The number of likely N-dealkylation sites (tertiary alicyclic amines) is 1. The van der Waals surface area contributed by atoms with Gasteiger partial charge in [-0.05, 0) is 43.5 Å². The lowest BCUT2D eigenvalue weighted by molar-refractivity contribution is -0.150. The van der Waals surface area contributed by atoms with E-state index in [1.165, 1.54) is 6.08 Å². The number of amides is 1. The molecule has 0 bridgehead atoms. The summed E-state index contributed by atoms with van der Waals surface area (Å²) < 4.78 is 16.1. The Kier molecular flexibility index (Phi) is 6.04. The van der Waals surface area contributed by atoms with Crippen LogP contribution in [-0.2, 0) is 14.3 Å². The molecule has 1 fully saturated rings. The first-order valence-corrected chi connectivity index (χ1v) is 9.19. The molecule has 1 atom stereocenters. The number of nitrogens with zero attached hydrogens (tertiary/aromatic N) is 1. The summed E-state index contributed by atoms with van der Waals surface area (Å²) in [5.74, 6) is 0.508. The number of ether oxygens (including phenoxy) is 3. The van der Waals surface area contributed by atoms with E-state index in [-0.39, 0.29) is 17.8 Å². The van der Waals surface area contributed by atoms with Gasteiger partial charge in [0.05, 0.1) is 17.5 Å². The average molecular weight is 380 g/mol. The fourth-order valence-corrected chi connectivity index (χ4v) is 3.40. The van der Waals surface area contributed by atoms with E-state index >= 15 is 0 Å². The summed E-state index contributed by atoms with van der Waals surface area (Å²) in [5, 5.41) is 0.453. The minimum atomic E-state index is -0.246. The first-order chi connectivity index (χ1) is 12.6. The standard InChI is InChI=1S/C19H22ClNO5/c1-2-24-19(23)14-4-3-7-21(12-14)17(22)6-5-13-10-15(20)18-16(11-13)25-8-9-26-18/h5-6,10-11,14H,2-4,7-9,12H2,1H3/b6-5-/t14-/m1/s1. The van der Waals surface area contributed by atoms with Crippen molar-refractivity contribution in [2.45, 2.75) is 19.8 Å². The number of carbonyl (C=O) groups is 2. The number of benzene rings is 1. The molecule has 0 radical (unpaired) electrons.